The van der Waals surface area contributed by atoms with Crippen LogP contribution in [0.3, 0.4) is 0 Å². The molecule has 2 aromatic heterocycles. The summed E-state index contributed by atoms with van der Waals surface area (Å²) in [5.41, 5.74) is 0.526. The quantitative estimate of drug-likeness (QED) is 0.850. The number of alkyl halides is 3. The van der Waals surface area contributed by atoms with Crippen LogP contribution >= 0.6 is 0 Å². The molecule has 1 aliphatic rings. The molecule has 6 nitrogen and oxygen atoms in total. The van der Waals surface area contributed by atoms with Crippen LogP contribution in [-0.4, -0.2) is 33.9 Å². The van der Waals surface area contributed by atoms with Gasteiger partial charge in [0.05, 0.1) is 10.6 Å². The molecular formula is C13H13F3N4O2S. The molecule has 0 spiro atoms. The molecule has 0 atom stereocenters. The van der Waals surface area contributed by atoms with E-state index in [2.05, 4.69) is 15.1 Å². The van der Waals surface area contributed by atoms with Crippen molar-refractivity contribution in [2.24, 2.45) is 0 Å². The highest BCUT2D eigenvalue weighted by molar-refractivity contribution is 7.91. The molecule has 2 heterocycles. The molecule has 2 aromatic rings. The molecule has 0 amide bonds. The molecule has 124 valence electrons. The van der Waals surface area contributed by atoms with Gasteiger partial charge in [-0.3, -0.25) is 0 Å². The number of pyridine rings is 1. The third-order valence-electron chi connectivity index (χ3n) is 3.55. The van der Waals surface area contributed by atoms with Crippen molar-refractivity contribution in [3.05, 3.63) is 24.2 Å². The van der Waals surface area contributed by atoms with Crippen molar-refractivity contribution >= 4 is 9.84 Å². The Morgan fingerprint density at radius 2 is 2.00 bits per heavy atom. The minimum Gasteiger partial charge on any atom is -0.248 e. The second-order valence-corrected chi connectivity index (χ2v) is 7.49. The first-order chi connectivity index (χ1) is 10.7. The number of hydrogen-bond acceptors (Lipinski definition) is 5. The van der Waals surface area contributed by atoms with Gasteiger partial charge in [-0.1, -0.05) is 6.92 Å². The van der Waals surface area contributed by atoms with E-state index in [1.165, 1.54) is 13.0 Å². The van der Waals surface area contributed by atoms with Gasteiger partial charge in [0.25, 0.3) is 0 Å². The van der Waals surface area contributed by atoms with Crippen LogP contribution in [0.2, 0.25) is 0 Å². The second kappa shape index (κ2) is 5.29. The lowest BCUT2D eigenvalue weighted by atomic mass is 10.2. The lowest BCUT2D eigenvalue weighted by Gasteiger charge is -2.08. The summed E-state index contributed by atoms with van der Waals surface area (Å²) in [6.07, 6.45) is -2.36. The smallest absolute Gasteiger partial charge is 0.248 e. The second-order valence-electron chi connectivity index (χ2n) is 5.24. The summed E-state index contributed by atoms with van der Waals surface area (Å²) in [5, 5.41) is 3.33. The largest absolute Gasteiger partial charge is 0.505 e. The van der Waals surface area contributed by atoms with Gasteiger partial charge in [-0.05, 0) is 25.0 Å². The summed E-state index contributed by atoms with van der Waals surface area (Å²) >= 11 is 0. The van der Waals surface area contributed by atoms with Crippen molar-refractivity contribution in [2.75, 3.05) is 5.75 Å². The average molecular weight is 346 g/mol. The van der Waals surface area contributed by atoms with Crippen molar-refractivity contribution in [2.45, 2.75) is 36.9 Å². The lowest BCUT2D eigenvalue weighted by molar-refractivity contribution is -0.212. The normalized spacial score (nSPS) is 15.8. The molecule has 0 aromatic carbocycles. The van der Waals surface area contributed by atoms with E-state index in [1.807, 2.05) is 0 Å². The van der Waals surface area contributed by atoms with E-state index in [0.29, 0.717) is 12.0 Å². The molecule has 0 unspecified atom stereocenters. The fourth-order valence-electron chi connectivity index (χ4n) is 2.13. The topological polar surface area (TPSA) is 77.7 Å². The van der Waals surface area contributed by atoms with Gasteiger partial charge in [-0.2, -0.15) is 4.68 Å². The highest BCUT2D eigenvalue weighted by Crippen LogP contribution is 2.40. The molecule has 0 bridgehead atoms. The van der Waals surface area contributed by atoms with E-state index in [1.54, 1.807) is 6.07 Å². The Balaban J connectivity index is 2.15. The van der Waals surface area contributed by atoms with Crippen molar-refractivity contribution < 1.29 is 21.6 Å². The van der Waals surface area contributed by atoms with E-state index in [9.17, 15) is 21.6 Å². The molecular weight excluding hydrogens is 333 g/mol. The van der Waals surface area contributed by atoms with Gasteiger partial charge in [0.1, 0.15) is 12.0 Å². The van der Waals surface area contributed by atoms with E-state index in [4.69, 9.17) is 0 Å². The molecule has 10 heteroatoms. The van der Waals surface area contributed by atoms with Crippen LogP contribution < -0.4 is 0 Å². The van der Waals surface area contributed by atoms with Crippen LogP contribution in [-0.2, 0) is 16.1 Å². The minimum absolute atomic E-state index is 0.126. The maximum atomic E-state index is 12.7. The van der Waals surface area contributed by atoms with E-state index >= 15 is 0 Å². The average Bonchev–Trinajstić information content (AvgIpc) is 3.21. The monoisotopic (exact) mass is 346 g/mol. The summed E-state index contributed by atoms with van der Waals surface area (Å²) < 4.78 is 62.0. The molecule has 0 aliphatic heterocycles. The standard InChI is InChI=1S/C13H13F3N4O2S/c1-2-23(21,22)10-6-5-9(8-3-4-8)18-11(10)12-17-7-20(19-12)13(14,15)16/h5-8H,2-4H2,1H3. The number of nitrogens with zero attached hydrogens (tertiary/aromatic N) is 4. The fourth-order valence-corrected chi connectivity index (χ4v) is 3.15. The van der Waals surface area contributed by atoms with Gasteiger partial charge < -0.3 is 0 Å². The summed E-state index contributed by atoms with van der Waals surface area (Å²) in [6.45, 7) is 1.45. The predicted octanol–water partition coefficient (Wildman–Crippen LogP) is 2.49. The first-order valence-electron chi connectivity index (χ1n) is 6.95. The third-order valence-corrected chi connectivity index (χ3v) is 5.31. The Bertz CT molecular complexity index is 841. The minimum atomic E-state index is -4.72. The summed E-state index contributed by atoms with van der Waals surface area (Å²) in [4.78, 5) is 7.67. The molecule has 1 aliphatic carbocycles. The first-order valence-corrected chi connectivity index (χ1v) is 8.60. The van der Waals surface area contributed by atoms with Crippen LogP contribution in [0.15, 0.2) is 23.4 Å². The van der Waals surface area contributed by atoms with Gasteiger partial charge in [0, 0.05) is 11.6 Å². The Morgan fingerprint density at radius 3 is 2.52 bits per heavy atom. The van der Waals surface area contributed by atoms with Gasteiger partial charge >= 0.3 is 6.30 Å². The number of aromatic nitrogens is 4. The number of rotatable bonds is 4. The van der Waals surface area contributed by atoms with Gasteiger partial charge in [-0.25, -0.2) is 18.4 Å². The summed E-state index contributed by atoms with van der Waals surface area (Å²) in [5.74, 6) is -0.321. The Hall–Kier alpha value is -1.97. The molecule has 0 saturated heterocycles. The molecule has 23 heavy (non-hydrogen) atoms. The van der Waals surface area contributed by atoms with Crippen LogP contribution in [0.25, 0.3) is 11.5 Å². The molecule has 3 rings (SSSR count). The lowest BCUT2D eigenvalue weighted by Crippen LogP contribution is -2.17. The molecule has 0 N–H and O–H groups in total. The maximum Gasteiger partial charge on any atom is 0.505 e. The zero-order valence-corrected chi connectivity index (χ0v) is 12.9. The fraction of sp³-hybridized carbons (Fsp3) is 0.462. The van der Waals surface area contributed by atoms with Gasteiger partial charge in [0.15, 0.2) is 9.84 Å². The SMILES string of the molecule is CCS(=O)(=O)c1ccc(C2CC2)nc1-c1ncn(C(F)(F)F)n1. The van der Waals surface area contributed by atoms with Crippen molar-refractivity contribution in [3.8, 4) is 11.5 Å². The molecule has 0 radical (unpaired) electrons. The van der Waals surface area contributed by atoms with E-state index in [0.717, 1.165) is 12.8 Å². The van der Waals surface area contributed by atoms with E-state index < -0.39 is 16.1 Å². The van der Waals surface area contributed by atoms with Crippen LogP contribution in [0.5, 0.6) is 0 Å². The zero-order chi connectivity index (χ0) is 16.8. The zero-order valence-electron chi connectivity index (χ0n) is 12.1. The van der Waals surface area contributed by atoms with Crippen LogP contribution in [0.1, 0.15) is 31.4 Å². The maximum absolute atomic E-state index is 12.7. The van der Waals surface area contributed by atoms with Crippen LogP contribution in [0, 0.1) is 0 Å². The van der Waals surface area contributed by atoms with E-state index in [-0.39, 0.29) is 32.8 Å². The third kappa shape index (κ3) is 3.07. The summed E-state index contributed by atoms with van der Waals surface area (Å²) in [6, 6.07) is 2.98. The Kier molecular flexibility index (Phi) is 3.66. The first kappa shape index (κ1) is 15.9. The molecule has 1 saturated carbocycles. The number of sulfone groups is 1. The van der Waals surface area contributed by atoms with Crippen molar-refractivity contribution in [3.63, 3.8) is 0 Å². The number of hydrogen-bond donors (Lipinski definition) is 0. The highest BCUT2D eigenvalue weighted by atomic mass is 32.2. The van der Waals surface area contributed by atoms with Gasteiger partial charge in [-0.15, -0.1) is 18.3 Å². The van der Waals surface area contributed by atoms with Crippen LogP contribution in [0.4, 0.5) is 13.2 Å². The predicted molar refractivity (Wildman–Crippen MR) is 74.3 cm³/mol. The molecule has 1 fully saturated rings. The Morgan fingerprint density at radius 1 is 1.30 bits per heavy atom. The highest BCUT2D eigenvalue weighted by Gasteiger charge is 2.34. The Labute approximate surface area is 130 Å². The summed E-state index contributed by atoms with van der Waals surface area (Å²) in [7, 11) is -3.66. The van der Waals surface area contributed by atoms with Crippen molar-refractivity contribution in [1.29, 1.82) is 0 Å². The van der Waals surface area contributed by atoms with Crippen molar-refractivity contribution in [1.82, 2.24) is 19.7 Å². The number of halogens is 3. The van der Waals surface area contributed by atoms with Gasteiger partial charge in [0.2, 0.25) is 5.82 Å².